The minimum Gasteiger partial charge on any atom is -0.489 e. The molecule has 0 radical (unpaired) electrons. The van der Waals surface area contributed by atoms with Crippen LogP contribution in [0.4, 0.5) is 0 Å². The Hall–Kier alpha value is -1.80. The Morgan fingerprint density at radius 1 is 1.16 bits per heavy atom. The summed E-state index contributed by atoms with van der Waals surface area (Å²) in [6.45, 7) is 2.31. The number of carbonyl (C=O) groups is 1. The van der Waals surface area contributed by atoms with Crippen LogP contribution in [-0.2, 0) is 6.61 Å². The first-order valence-electron chi connectivity index (χ1n) is 6.19. The molecule has 0 heterocycles. The number of carbonyl (C=O) groups excluding carboxylic acids is 1. The van der Waals surface area contributed by atoms with Crippen molar-refractivity contribution in [1.29, 1.82) is 0 Å². The fraction of sp³-hybridized carbons (Fsp3) is 0.188. The van der Waals surface area contributed by atoms with Gasteiger partial charge in [-0.05, 0) is 42.0 Å². The lowest BCUT2D eigenvalue weighted by atomic mass is 10.1. The summed E-state index contributed by atoms with van der Waals surface area (Å²) in [6, 6.07) is 14.8. The summed E-state index contributed by atoms with van der Waals surface area (Å²) in [6.07, 6.45) is 0.517. The third-order valence-corrected chi connectivity index (χ3v) is 3.03. The molecule has 0 spiro atoms. The van der Waals surface area contributed by atoms with Gasteiger partial charge in [-0.25, -0.2) is 0 Å². The van der Waals surface area contributed by atoms with Crippen molar-refractivity contribution in [3.63, 3.8) is 0 Å². The first kappa shape index (κ1) is 13.6. The molecule has 0 aliphatic rings. The van der Waals surface area contributed by atoms with Crippen molar-refractivity contribution in [3.05, 3.63) is 64.7 Å². The Kier molecular flexibility index (Phi) is 4.58. The molecule has 0 unspecified atom stereocenters. The second-order valence-corrected chi connectivity index (χ2v) is 4.66. The summed E-state index contributed by atoms with van der Waals surface area (Å²) in [5.41, 5.74) is 1.74. The highest BCUT2D eigenvalue weighted by atomic mass is 35.5. The maximum Gasteiger partial charge on any atom is 0.162 e. The topological polar surface area (TPSA) is 26.3 Å². The molecular formula is C16H15ClO2. The van der Waals surface area contributed by atoms with Crippen molar-refractivity contribution >= 4 is 17.4 Å². The smallest absolute Gasteiger partial charge is 0.162 e. The van der Waals surface area contributed by atoms with E-state index in [9.17, 15) is 4.79 Å². The predicted octanol–water partition coefficient (Wildman–Crippen LogP) is 4.51. The van der Waals surface area contributed by atoms with Gasteiger partial charge in [-0.15, -0.1) is 0 Å². The van der Waals surface area contributed by atoms with Crippen molar-refractivity contribution in [3.8, 4) is 5.75 Å². The Balaban J connectivity index is 1.98. The van der Waals surface area contributed by atoms with Crippen molar-refractivity contribution in [2.24, 2.45) is 0 Å². The monoisotopic (exact) mass is 274 g/mol. The van der Waals surface area contributed by atoms with Gasteiger partial charge < -0.3 is 4.74 Å². The van der Waals surface area contributed by atoms with Crippen molar-refractivity contribution < 1.29 is 9.53 Å². The molecule has 0 saturated carbocycles. The highest BCUT2D eigenvalue weighted by molar-refractivity contribution is 6.30. The summed E-state index contributed by atoms with van der Waals surface area (Å²) in [7, 11) is 0. The van der Waals surface area contributed by atoms with Crippen LogP contribution in [0, 0.1) is 0 Å². The van der Waals surface area contributed by atoms with Crippen LogP contribution in [0.15, 0.2) is 48.5 Å². The van der Waals surface area contributed by atoms with Gasteiger partial charge in [0.2, 0.25) is 0 Å². The van der Waals surface area contributed by atoms with Crippen LogP contribution in [0.5, 0.6) is 5.75 Å². The highest BCUT2D eigenvalue weighted by Crippen LogP contribution is 2.16. The number of benzene rings is 2. The van der Waals surface area contributed by atoms with Crippen LogP contribution in [0.25, 0.3) is 0 Å². The van der Waals surface area contributed by atoms with Crippen molar-refractivity contribution in [2.45, 2.75) is 20.0 Å². The molecule has 0 aliphatic heterocycles. The third-order valence-electron chi connectivity index (χ3n) is 2.79. The van der Waals surface area contributed by atoms with E-state index in [1.807, 2.05) is 43.3 Å². The Morgan fingerprint density at radius 3 is 2.53 bits per heavy atom. The molecule has 3 heteroatoms. The minimum atomic E-state index is 0.140. The van der Waals surface area contributed by atoms with Gasteiger partial charge in [0.1, 0.15) is 12.4 Å². The molecule has 2 rings (SSSR count). The number of hydrogen-bond donors (Lipinski definition) is 0. The molecule has 0 atom stereocenters. The standard InChI is InChI=1S/C16H15ClO2/c1-2-16(18)13-6-8-15(9-7-13)19-11-12-4-3-5-14(17)10-12/h3-10H,2,11H2,1H3. The summed E-state index contributed by atoms with van der Waals surface area (Å²) < 4.78 is 5.65. The molecule has 0 amide bonds. The fourth-order valence-electron chi connectivity index (χ4n) is 1.73. The molecule has 0 aromatic heterocycles. The van der Waals surface area contributed by atoms with Crippen LogP contribution in [0.3, 0.4) is 0 Å². The van der Waals surface area contributed by atoms with Gasteiger partial charge >= 0.3 is 0 Å². The molecule has 0 N–H and O–H groups in total. The summed E-state index contributed by atoms with van der Waals surface area (Å²) in [5.74, 6) is 0.883. The maximum atomic E-state index is 11.5. The molecular weight excluding hydrogens is 260 g/mol. The summed E-state index contributed by atoms with van der Waals surface area (Å²) in [5, 5.41) is 0.699. The zero-order chi connectivity index (χ0) is 13.7. The van der Waals surface area contributed by atoms with Crippen LogP contribution in [0.2, 0.25) is 5.02 Å². The molecule has 2 nitrogen and oxygen atoms in total. The van der Waals surface area contributed by atoms with Gasteiger partial charge in [-0.2, -0.15) is 0 Å². The second-order valence-electron chi connectivity index (χ2n) is 4.22. The number of hydrogen-bond acceptors (Lipinski definition) is 2. The molecule has 19 heavy (non-hydrogen) atoms. The summed E-state index contributed by atoms with van der Waals surface area (Å²) >= 11 is 5.91. The molecule has 0 aliphatic carbocycles. The normalized spacial score (nSPS) is 10.2. The average Bonchev–Trinajstić information content (AvgIpc) is 2.45. The first-order valence-corrected chi connectivity index (χ1v) is 6.57. The lowest BCUT2D eigenvalue weighted by Crippen LogP contribution is -1.98. The average molecular weight is 275 g/mol. The Morgan fingerprint density at radius 2 is 1.89 bits per heavy atom. The number of ether oxygens (including phenoxy) is 1. The van der Waals surface area contributed by atoms with E-state index in [0.717, 1.165) is 16.9 Å². The van der Waals surface area contributed by atoms with E-state index in [-0.39, 0.29) is 5.78 Å². The largest absolute Gasteiger partial charge is 0.489 e. The molecule has 0 fully saturated rings. The van der Waals surface area contributed by atoms with E-state index in [1.54, 1.807) is 12.1 Å². The summed E-state index contributed by atoms with van der Waals surface area (Å²) in [4.78, 5) is 11.5. The van der Waals surface area contributed by atoms with E-state index in [2.05, 4.69) is 0 Å². The predicted molar refractivity (Wildman–Crippen MR) is 76.8 cm³/mol. The first-order chi connectivity index (χ1) is 9.19. The number of Topliss-reactive ketones (excluding diaryl/α,β-unsaturated/α-hetero) is 1. The van der Waals surface area contributed by atoms with E-state index >= 15 is 0 Å². The van der Waals surface area contributed by atoms with E-state index in [1.165, 1.54) is 0 Å². The maximum absolute atomic E-state index is 11.5. The lowest BCUT2D eigenvalue weighted by molar-refractivity contribution is 0.0988. The highest BCUT2D eigenvalue weighted by Gasteiger charge is 2.03. The van der Waals surface area contributed by atoms with Gasteiger partial charge in [0.15, 0.2) is 5.78 Å². The quantitative estimate of drug-likeness (QED) is 0.750. The van der Waals surface area contributed by atoms with Crippen LogP contribution < -0.4 is 4.74 Å². The van der Waals surface area contributed by atoms with Crippen LogP contribution >= 0.6 is 11.6 Å². The zero-order valence-corrected chi connectivity index (χ0v) is 11.5. The van der Waals surface area contributed by atoms with Gasteiger partial charge in [-0.1, -0.05) is 30.7 Å². The third kappa shape index (κ3) is 3.83. The zero-order valence-electron chi connectivity index (χ0n) is 10.7. The number of ketones is 1. The lowest BCUT2D eigenvalue weighted by Gasteiger charge is -2.07. The van der Waals surface area contributed by atoms with E-state index < -0.39 is 0 Å². The van der Waals surface area contributed by atoms with Crippen LogP contribution in [0.1, 0.15) is 29.3 Å². The molecule has 98 valence electrons. The van der Waals surface area contributed by atoms with Crippen molar-refractivity contribution in [1.82, 2.24) is 0 Å². The van der Waals surface area contributed by atoms with Crippen molar-refractivity contribution in [2.75, 3.05) is 0 Å². The van der Waals surface area contributed by atoms with E-state index in [0.29, 0.717) is 18.1 Å². The SMILES string of the molecule is CCC(=O)c1ccc(OCc2cccc(Cl)c2)cc1. The minimum absolute atomic E-state index is 0.140. The number of halogens is 1. The fourth-order valence-corrected chi connectivity index (χ4v) is 1.95. The molecule has 2 aromatic rings. The Labute approximate surface area is 118 Å². The second kappa shape index (κ2) is 6.39. The molecule has 0 bridgehead atoms. The van der Waals surface area contributed by atoms with Gasteiger partial charge in [0, 0.05) is 17.0 Å². The van der Waals surface area contributed by atoms with Gasteiger partial charge in [0.25, 0.3) is 0 Å². The van der Waals surface area contributed by atoms with Gasteiger partial charge in [-0.3, -0.25) is 4.79 Å². The molecule has 2 aromatic carbocycles. The van der Waals surface area contributed by atoms with E-state index in [4.69, 9.17) is 16.3 Å². The van der Waals surface area contributed by atoms with Gasteiger partial charge in [0.05, 0.1) is 0 Å². The van der Waals surface area contributed by atoms with Crippen LogP contribution in [-0.4, -0.2) is 5.78 Å². The number of rotatable bonds is 5. The molecule has 0 saturated heterocycles. The Bertz CT molecular complexity index is 561.